The number of amides is 4. The third-order valence-electron chi connectivity index (χ3n) is 26.1. The molecule has 26 nitrogen and oxygen atoms in total. The van der Waals surface area contributed by atoms with Gasteiger partial charge >= 0.3 is 0 Å². The molecule has 4 aliphatic rings. The van der Waals surface area contributed by atoms with E-state index in [9.17, 15) is 41.8 Å². The molecule has 0 aliphatic carbocycles. The summed E-state index contributed by atoms with van der Waals surface area (Å²) in [6, 6.07) is 52.1. The number of rotatable bonds is 23. The number of methoxy groups -OCH3 is 1. The van der Waals surface area contributed by atoms with Crippen molar-refractivity contribution in [2.45, 2.75) is 163 Å². The van der Waals surface area contributed by atoms with Crippen LogP contribution in [-0.2, 0) is 45.6 Å². The zero-order valence-electron chi connectivity index (χ0n) is 81.0. The molecule has 8 aromatic carbocycles. The predicted molar refractivity (Wildman–Crippen MR) is 540 cm³/mol. The fraction of sp³-hybridized carbons (Fsp3) is 0.263. The molecule has 0 saturated carbocycles. The van der Waals surface area contributed by atoms with Crippen molar-refractivity contribution in [1.29, 1.82) is 0 Å². The lowest BCUT2D eigenvalue weighted by atomic mass is 10.0. The van der Waals surface area contributed by atoms with E-state index in [1.54, 1.807) is 99.1 Å². The lowest BCUT2D eigenvalue weighted by Crippen LogP contribution is -2.38. The first-order chi connectivity index (χ1) is 70.1. The molecule has 4 saturated heterocycles. The summed E-state index contributed by atoms with van der Waals surface area (Å²) in [6.45, 7) is 21.7. The summed E-state index contributed by atoms with van der Waals surface area (Å²) in [7, 11) is 1.40. The fourth-order valence-corrected chi connectivity index (χ4v) is 19.1. The number of aromatic nitrogens is 12. The molecule has 12 heterocycles. The van der Waals surface area contributed by atoms with Gasteiger partial charge in [0.15, 0.2) is 11.5 Å². The molecule has 0 radical (unpaired) electrons. The van der Waals surface area contributed by atoms with Gasteiger partial charge in [-0.15, -0.1) is 0 Å². The smallest absolute Gasteiger partial charge is 0.299 e. The average Bonchev–Trinajstić information content (AvgIpc) is 1.61. The van der Waals surface area contributed by atoms with Crippen LogP contribution in [0.2, 0.25) is 0 Å². The van der Waals surface area contributed by atoms with Crippen LogP contribution in [0.4, 0.5) is 17.6 Å². The molecule has 4 atom stereocenters. The van der Waals surface area contributed by atoms with Crippen LogP contribution in [-0.4, -0.2) is 139 Å². The van der Waals surface area contributed by atoms with Gasteiger partial charge in [-0.05, 0) is 286 Å². The first-order valence-electron chi connectivity index (χ1n) is 48.0. The van der Waals surface area contributed by atoms with Gasteiger partial charge in [0.1, 0.15) is 83.6 Å². The molecule has 16 aromatic rings. The summed E-state index contributed by atoms with van der Waals surface area (Å²) in [5, 5.41) is 10.0. The topological polar surface area (TPSA) is 268 Å². The summed E-state index contributed by atoms with van der Waals surface area (Å²) < 4.78 is 91.3. The molecule has 0 spiro atoms. The highest BCUT2D eigenvalue weighted by Crippen LogP contribution is 2.43. The molecule has 4 amide bonds. The molecule has 20 rings (SSSR count). The fourth-order valence-electron chi connectivity index (χ4n) is 19.1. The second-order valence-electron chi connectivity index (χ2n) is 35.3. The molecule has 144 heavy (non-hydrogen) atoms. The molecule has 0 bridgehead atoms. The zero-order valence-corrected chi connectivity index (χ0v) is 81.0. The molecule has 0 unspecified atom stereocenters. The van der Waals surface area contributed by atoms with Crippen LogP contribution < -0.4 is 23.7 Å². The maximum atomic E-state index is 14.5. The highest BCUT2D eigenvalue weighted by molar-refractivity contribution is 5.95. The Hall–Kier alpha value is -16.6. The predicted octanol–water partition coefficient (Wildman–Crippen LogP) is 21.6. The van der Waals surface area contributed by atoms with Gasteiger partial charge in [-0.25, -0.2) is 33.1 Å². The molecule has 30 heteroatoms. The summed E-state index contributed by atoms with van der Waals surface area (Å²) in [5.74, 6) is 14.6. The molecule has 1 N–H and O–H groups in total. The van der Waals surface area contributed by atoms with Crippen LogP contribution in [0.15, 0.2) is 257 Å². The van der Waals surface area contributed by atoms with Crippen molar-refractivity contribution in [1.82, 2.24) is 77.1 Å². The molecule has 4 aliphatic heterocycles. The van der Waals surface area contributed by atoms with Gasteiger partial charge in [-0.3, -0.25) is 56.7 Å². The second-order valence-corrected chi connectivity index (χ2v) is 35.3. The Bertz CT molecular complexity index is 7570. The minimum Gasteiger partial charge on any atom is -0.494 e. The van der Waals surface area contributed by atoms with Crippen LogP contribution in [0.25, 0.3) is 67.1 Å². The van der Waals surface area contributed by atoms with E-state index in [2.05, 4.69) is 70.0 Å². The van der Waals surface area contributed by atoms with E-state index in [4.69, 9.17) is 43.6 Å². The Morgan fingerprint density at radius 2 is 0.771 bits per heavy atom. The molecular formula is C114H108F4N16O10. The number of likely N-dealkylation sites (tertiary alicyclic amines) is 4. The molecule has 8 aromatic heterocycles. The molecular weight excluding hydrogens is 1830 g/mol. The maximum Gasteiger partial charge on any atom is 0.299 e. The van der Waals surface area contributed by atoms with Crippen molar-refractivity contribution < 1.29 is 65.5 Å². The average molecular weight is 1940 g/mol. The van der Waals surface area contributed by atoms with Gasteiger partial charge < -0.3 is 48.4 Å². The quantitative estimate of drug-likeness (QED) is 0.0354. The van der Waals surface area contributed by atoms with Crippen LogP contribution in [0, 0.1) is 74.6 Å². The van der Waals surface area contributed by atoms with Gasteiger partial charge in [-0.1, -0.05) is 79.6 Å². The number of carbonyl (C=O) groups excluding carboxylic acids is 4. The van der Waals surface area contributed by atoms with Crippen molar-refractivity contribution in [3.8, 4) is 103 Å². The number of aryl methyl sites for hydroxylation is 4. The van der Waals surface area contributed by atoms with Crippen LogP contribution in [0.3, 0.4) is 0 Å². The summed E-state index contributed by atoms with van der Waals surface area (Å²) >= 11 is 0. The monoisotopic (exact) mass is 1940 g/mol. The molecule has 4 fully saturated rings. The van der Waals surface area contributed by atoms with Crippen molar-refractivity contribution in [2.75, 3.05) is 33.3 Å². The minimum atomic E-state index is -0.582. The second kappa shape index (κ2) is 45.3. The number of aliphatic hydroxyl groups is 1. The summed E-state index contributed by atoms with van der Waals surface area (Å²) in [5.41, 5.74) is 16.3. The lowest BCUT2D eigenvalue weighted by Gasteiger charge is -2.34. The number of aliphatic hydroxyl groups excluding tert-OH is 1. The Kier molecular flexibility index (Phi) is 31.2. The maximum absolute atomic E-state index is 14.5. The van der Waals surface area contributed by atoms with Crippen molar-refractivity contribution in [3.63, 3.8) is 0 Å². The number of halogens is 4. The third kappa shape index (κ3) is 21.8. The van der Waals surface area contributed by atoms with Gasteiger partial charge in [0.25, 0.3) is 11.8 Å². The lowest BCUT2D eigenvalue weighted by molar-refractivity contribution is -0.130. The summed E-state index contributed by atoms with van der Waals surface area (Å²) in [6.07, 6.45) is 27.4. The Morgan fingerprint density at radius 1 is 0.410 bits per heavy atom. The number of hydrogen-bond donors (Lipinski definition) is 1. The van der Waals surface area contributed by atoms with Gasteiger partial charge in [0.05, 0.1) is 106 Å². The normalized spacial score (nSPS) is 15.5. The number of piperidine rings is 3. The van der Waals surface area contributed by atoms with E-state index >= 15 is 0 Å². The number of fused-ring (bicyclic) bond motifs is 4. The van der Waals surface area contributed by atoms with E-state index < -0.39 is 5.82 Å². The van der Waals surface area contributed by atoms with Gasteiger partial charge in [-0.2, -0.15) is 4.39 Å². The molecule has 732 valence electrons. The Morgan fingerprint density at radius 3 is 1.19 bits per heavy atom. The minimum absolute atomic E-state index is 0.0507. The van der Waals surface area contributed by atoms with Crippen LogP contribution in [0.1, 0.15) is 177 Å². The van der Waals surface area contributed by atoms with E-state index in [0.717, 1.165) is 178 Å². The van der Waals surface area contributed by atoms with Gasteiger partial charge in [0, 0.05) is 98.0 Å². The number of imidazole rings is 4. The highest BCUT2D eigenvalue weighted by Gasteiger charge is 2.38. The number of hydrogen-bond acceptors (Lipinski definition) is 18. The highest BCUT2D eigenvalue weighted by atomic mass is 19.1. The van der Waals surface area contributed by atoms with Crippen LogP contribution in [0.5, 0.6) is 34.5 Å². The number of benzene rings is 8. The van der Waals surface area contributed by atoms with E-state index in [-0.39, 0.29) is 96.6 Å². The first-order valence-corrected chi connectivity index (χ1v) is 48.0. The SMILES string of the molecule is C=CC(=O)N1CCCC[C@H]1c1nc(-c2ccc(COc3ccc(F)c(C)c3)cc2)c2c(C)nccn12.C=CC(=O)N1CCCC[C@H]1c1nc(-c2ccc(OCc3cccc(F)c3)cc2)c2c(C)nccn12.CC#CC(=O)N1CCCC[C@H]1c1nc(-c2ccc(OCc3cccc(F)c3)cc2)c2c(C)nccn12.CC#CC(=O)N1CCC[C@H]1c1nc(-c2ccc(Oc3cccc(OC)c3F)cc2)c2c(CO)nccn12. The Balaban J connectivity index is 0.000000132. The van der Waals surface area contributed by atoms with Gasteiger partial charge in [0.2, 0.25) is 17.6 Å². The number of nitrogens with zero attached hydrogens (tertiary/aromatic N) is 16. The standard InChI is InChI=1S/C29H29FN4O2.C29H27FN4O2.C28H25FN4O4.C28H27FN4O2/c1-4-26(35)33-15-6-5-7-25(33)29-32-27(28-20(3)31-14-16-34(28)29)22-10-8-21(9-11-22)18-36-23-12-13-24(30)19(2)17-23;1-3-7-26(35)33-16-5-4-10-25(33)29-32-27(28-20(2)31-15-17-34(28)29)22-11-13-24(14-12-22)36-19-21-8-6-9-23(30)18-21;1-3-6-24(35)32-15-5-7-21(32)28-31-26(27-20(17-34)30-14-16-33(27)28)18-10-12-19(13-11-18)37-23-9-4-8-22(36-2)25(23)29;1-3-25(34)32-15-5-4-9-24(32)28-31-26(27-19(2)30-14-16-33(27)28)21-10-12-23(13-11-21)35-18-20-7-6-8-22(29)17-20/h4,8-14,16-17,25H,1,5-7,15,18H2,2-3H3;6,8-9,11-15,17-18,25H,4-5,10,16,19H2,1-2H3;4,8-14,16,21,34H,5,7,15,17H2,1-2H3;3,6-8,10-14,16-17,24H,1,4-5,9,15,18H2,2H3/t2*25-;21-;24-/m0000/s1. The van der Waals surface area contributed by atoms with E-state index in [1.807, 2.05) is 156 Å². The van der Waals surface area contributed by atoms with Crippen LogP contribution >= 0.6 is 0 Å². The van der Waals surface area contributed by atoms with E-state index in [1.165, 1.54) is 61.7 Å². The van der Waals surface area contributed by atoms with Crippen molar-refractivity contribution in [2.24, 2.45) is 0 Å². The van der Waals surface area contributed by atoms with Crippen molar-refractivity contribution in [3.05, 3.63) is 348 Å². The summed E-state index contributed by atoms with van der Waals surface area (Å²) in [4.78, 5) is 95.9. The number of ether oxygens (including phenoxy) is 5. The number of carbonyl (C=O) groups is 4. The third-order valence-corrected chi connectivity index (χ3v) is 26.1. The van der Waals surface area contributed by atoms with Crippen molar-refractivity contribution >= 4 is 45.7 Å². The Labute approximate surface area is 831 Å². The largest absolute Gasteiger partial charge is 0.494 e. The van der Waals surface area contributed by atoms with E-state index in [0.29, 0.717) is 84.1 Å². The first kappa shape index (κ1) is 99.0. The zero-order chi connectivity index (χ0) is 101.